The van der Waals surface area contributed by atoms with Crippen molar-refractivity contribution in [1.82, 2.24) is 9.78 Å². The molecule has 0 fully saturated rings. The van der Waals surface area contributed by atoms with Gasteiger partial charge in [0.2, 0.25) is 0 Å². The van der Waals surface area contributed by atoms with E-state index >= 15 is 0 Å². The van der Waals surface area contributed by atoms with Gasteiger partial charge in [0.15, 0.2) is 11.5 Å². The van der Waals surface area contributed by atoms with Crippen LogP contribution < -0.4 is 4.74 Å². The highest BCUT2D eigenvalue weighted by atomic mass is 16.5. The highest BCUT2D eigenvalue weighted by Gasteiger charge is 2.02. The van der Waals surface area contributed by atoms with Crippen molar-refractivity contribution >= 4 is 5.78 Å². The number of hydrogen-bond acceptors (Lipinski definition) is 3. The Hall–Kier alpha value is -2.10. The average molecular weight is 230 g/mol. The van der Waals surface area contributed by atoms with Gasteiger partial charge < -0.3 is 4.74 Å². The van der Waals surface area contributed by atoms with Gasteiger partial charge in [-0.1, -0.05) is 17.7 Å². The maximum absolute atomic E-state index is 10.9. The zero-order chi connectivity index (χ0) is 12.3. The predicted molar refractivity (Wildman–Crippen MR) is 64.2 cm³/mol. The summed E-state index contributed by atoms with van der Waals surface area (Å²) in [7, 11) is 0. The fourth-order valence-electron chi connectivity index (χ4n) is 1.45. The molecule has 0 amide bonds. The van der Waals surface area contributed by atoms with E-state index in [1.807, 2.05) is 31.2 Å². The standard InChI is InChI=1S/C13H14N2O2/c1-10-3-5-12(6-4-10)17-13-7-14-15(9-13)8-11(2)16/h3-7,9H,8H2,1-2H3. The maximum atomic E-state index is 10.9. The normalized spacial score (nSPS) is 10.2. The molecule has 1 heterocycles. The van der Waals surface area contributed by atoms with E-state index in [4.69, 9.17) is 4.74 Å². The summed E-state index contributed by atoms with van der Waals surface area (Å²) in [5, 5.41) is 4.04. The van der Waals surface area contributed by atoms with Crippen molar-refractivity contribution in [2.24, 2.45) is 0 Å². The molecule has 1 aromatic carbocycles. The fraction of sp³-hybridized carbons (Fsp3) is 0.231. The predicted octanol–water partition coefficient (Wildman–Crippen LogP) is 2.57. The number of ether oxygens (including phenoxy) is 1. The summed E-state index contributed by atoms with van der Waals surface area (Å²) in [6.07, 6.45) is 3.31. The van der Waals surface area contributed by atoms with E-state index < -0.39 is 0 Å². The van der Waals surface area contributed by atoms with Crippen LogP contribution in [-0.4, -0.2) is 15.6 Å². The fourth-order valence-corrected chi connectivity index (χ4v) is 1.45. The molecule has 0 aliphatic heterocycles. The molecule has 0 N–H and O–H groups in total. The number of benzene rings is 1. The molecule has 0 atom stereocenters. The lowest BCUT2D eigenvalue weighted by Gasteiger charge is -2.02. The lowest BCUT2D eigenvalue weighted by Crippen LogP contribution is -2.05. The maximum Gasteiger partial charge on any atom is 0.165 e. The van der Waals surface area contributed by atoms with Gasteiger partial charge in [0.25, 0.3) is 0 Å². The van der Waals surface area contributed by atoms with E-state index in [9.17, 15) is 4.79 Å². The number of aryl methyl sites for hydroxylation is 1. The molecule has 2 aromatic rings. The van der Waals surface area contributed by atoms with Crippen LogP contribution in [0.25, 0.3) is 0 Å². The molecule has 0 aliphatic rings. The largest absolute Gasteiger partial charge is 0.454 e. The Morgan fingerprint density at radius 2 is 2.00 bits per heavy atom. The Kier molecular flexibility index (Phi) is 3.23. The Balaban J connectivity index is 2.06. The number of carbonyl (C=O) groups is 1. The molecule has 0 aliphatic carbocycles. The summed E-state index contributed by atoms with van der Waals surface area (Å²) < 4.78 is 7.16. The molecule has 0 unspecified atom stereocenters. The first-order chi connectivity index (χ1) is 8.13. The molecule has 0 saturated carbocycles. The number of ketones is 1. The van der Waals surface area contributed by atoms with Gasteiger partial charge in [-0.05, 0) is 26.0 Å². The van der Waals surface area contributed by atoms with Gasteiger partial charge in [-0.15, -0.1) is 0 Å². The first-order valence-electron chi connectivity index (χ1n) is 5.40. The SMILES string of the molecule is CC(=O)Cn1cc(Oc2ccc(C)cc2)cn1. The van der Waals surface area contributed by atoms with Crippen LogP contribution in [0.4, 0.5) is 0 Å². The Labute approximate surface area is 99.8 Å². The lowest BCUT2D eigenvalue weighted by atomic mass is 10.2. The van der Waals surface area contributed by atoms with Crippen molar-refractivity contribution in [2.45, 2.75) is 20.4 Å². The number of rotatable bonds is 4. The summed E-state index contributed by atoms with van der Waals surface area (Å²) in [5.74, 6) is 1.46. The van der Waals surface area contributed by atoms with Gasteiger partial charge >= 0.3 is 0 Å². The van der Waals surface area contributed by atoms with Crippen LogP contribution in [0.2, 0.25) is 0 Å². The van der Waals surface area contributed by atoms with Crippen LogP contribution in [0.15, 0.2) is 36.7 Å². The second-order valence-corrected chi connectivity index (χ2v) is 3.99. The molecule has 17 heavy (non-hydrogen) atoms. The molecule has 0 spiro atoms. The average Bonchev–Trinajstić information content (AvgIpc) is 2.68. The molecule has 1 aromatic heterocycles. The number of hydrogen-bond donors (Lipinski definition) is 0. The van der Waals surface area contributed by atoms with E-state index in [2.05, 4.69) is 5.10 Å². The third kappa shape index (κ3) is 3.17. The van der Waals surface area contributed by atoms with E-state index in [-0.39, 0.29) is 12.3 Å². The number of aromatic nitrogens is 2. The van der Waals surface area contributed by atoms with Gasteiger partial charge in [0, 0.05) is 0 Å². The zero-order valence-corrected chi connectivity index (χ0v) is 9.88. The van der Waals surface area contributed by atoms with Crippen molar-refractivity contribution in [3.8, 4) is 11.5 Å². The summed E-state index contributed by atoms with van der Waals surface area (Å²) >= 11 is 0. The Morgan fingerprint density at radius 3 is 2.65 bits per heavy atom. The highest BCUT2D eigenvalue weighted by Crippen LogP contribution is 2.20. The molecule has 2 rings (SSSR count). The van der Waals surface area contributed by atoms with E-state index in [1.54, 1.807) is 17.1 Å². The smallest absolute Gasteiger partial charge is 0.165 e. The summed E-state index contributed by atoms with van der Waals surface area (Å²) in [5.41, 5.74) is 1.18. The van der Waals surface area contributed by atoms with Crippen molar-refractivity contribution in [3.05, 3.63) is 42.2 Å². The summed E-state index contributed by atoms with van der Waals surface area (Å²) in [6, 6.07) is 7.76. The van der Waals surface area contributed by atoms with Crippen LogP contribution in [0.3, 0.4) is 0 Å². The monoisotopic (exact) mass is 230 g/mol. The molecule has 4 heteroatoms. The van der Waals surface area contributed by atoms with Crippen LogP contribution in [0.5, 0.6) is 11.5 Å². The van der Waals surface area contributed by atoms with Crippen molar-refractivity contribution < 1.29 is 9.53 Å². The number of Topliss-reactive ketones (excluding diaryl/α,β-unsaturated/α-hetero) is 1. The molecular weight excluding hydrogens is 216 g/mol. The van der Waals surface area contributed by atoms with Gasteiger partial charge in [-0.3, -0.25) is 9.48 Å². The second kappa shape index (κ2) is 4.82. The highest BCUT2D eigenvalue weighted by molar-refractivity contribution is 5.75. The van der Waals surface area contributed by atoms with Crippen LogP contribution >= 0.6 is 0 Å². The Bertz CT molecular complexity index is 514. The lowest BCUT2D eigenvalue weighted by molar-refractivity contribution is -0.117. The quantitative estimate of drug-likeness (QED) is 0.810. The molecule has 0 bridgehead atoms. The third-order valence-electron chi connectivity index (χ3n) is 2.25. The van der Waals surface area contributed by atoms with E-state index in [1.165, 1.54) is 12.5 Å². The van der Waals surface area contributed by atoms with Crippen LogP contribution in [-0.2, 0) is 11.3 Å². The zero-order valence-electron chi connectivity index (χ0n) is 9.88. The molecule has 0 saturated heterocycles. The first kappa shape index (κ1) is 11.4. The number of nitrogens with zero attached hydrogens (tertiary/aromatic N) is 2. The minimum absolute atomic E-state index is 0.0648. The van der Waals surface area contributed by atoms with Gasteiger partial charge in [0.1, 0.15) is 5.75 Å². The molecular formula is C13H14N2O2. The minimum Gasteiger partial charge on any atom is -0.454 e. The van der Waals surface area contributed by atoms with Crippen LogP contribution in [0.1, 0.15) is 12.5 Å². The van der Waals surface area contributed by atoms with E-state index in [0.717, 1.165) is 5.75 Å². The van der Waals surface area contributed by atoms with Crippen molar-refractivity contribution in [3.63, 3.8) is 0 Å². The van der Waals surface area contributed by atoms with Gasteiger partial charge in [-0.25, -0.2) is 0 Å². The van der Waals surface area contributed by atoms with Gasteiger partial charge in [0.05, 0.1) is 18.9 Å². The first-order valence-corrected chi connectivity index (χ1v) is 5.40. The third-order valence-corrected chi connectivity index (χ3v) is 2.25. The molecule has 88 valence electrons. The molecule has 0 radical (unpaired) electrons. The van der Waals surface area contributed by atoms with Crippen LogP contribution in [0, 0.1) is 6.92 Å². The Morgan fingerprint density at radius 1 is 1.29 bits per heavy atom. The minimum atomic E-state index is 0.0648. The van der Waals surface area contributed by atoms with Crippen molar-refractivity contribution in [1.29, 1.82) is 0 Å². The summed E-state index contributed by atoms with van der Waals surface area (Å²) in [4.78, 5) is 10.9. The topological polar surface area (TPSA) is 44.1 Å². The number of carbonyl (C=O) groups excluding carboxylic acids is 1. The van der Waals surface area contributed by atoms with E-state index in [0.29, 0.717) is 5.75 Å². The summed E-state index contributed by atoms with van der Waals surface area (Å²) in [6.45, 7) is 3.83. The molecule has 4 nitrogen and oxygen atoms in total. The van der Waals surface area contributed by atoms with Gasteiger partial charge in [-0.2, -0.15) is 5.10 Å². The van der Waals surface area contributed by atoms with Crippen molar-refractivity contribution in [2.75, 3.05) is 0 Å². The second-order valence-electron chi connectivity index (χ2n) is 3.99.